The minimum atomic E-state index is -0.282. The van der Waals surface area contributed by atoms with Gasteiger partial charge in [0, 0.05) is 0 Å². The Morgan fingerprint density at radius 2 is 2.33 bits per heavy atom. The van der Waals surface area contributed by atoms with Gasteiger partial charge >= 0.3 is 5.97 Å². The minimum absolute atomic E-state index is 0.0229. The van der Waals surface area contributed by atoms with E-state index in [9.17, 15) is 4.79 Å². The average Bonchev–Trinajstić information content (AvgIpc) is 2.04. The van der Waals surface area contributed by atoms with Crippen molar-refractivity contribution in [1.29, 1.82) is 0 Å². The van der Waals surface area contributed by atoms with E-state index in [-0.39, 0.29) is 18.0 Å². The lowest BCUT2D eigenvalue weighted by Gasteiger charge is -2.26. The maximum Gasteiger partial charge on any atom is 0.321 e. The first-order valence-electron chi connectivity index (χ1n) is 4.48. The van der Waals surface area contributed by atoms with Crippen molar-refractivity contribution in [2.24, 2.45) is 5.92 Å². The zero-order chi connectivity index (χ0) is 8.97. The maximum atomic E-state index is 10.8. The van der Waals surface area contributed by atoms with E-state index in [2.05, 4.69) is 6.92 Å². The number of rotatable bonds is 2. The van der Waals surface area contributed by atoms with Crippen molar-refractivity contribution in [3.05, 3.63) is 0 Å². The Bertz CT molecular complexity index is 159. The van der Waals surface area contributed by atoms with E-state index in [0.717, 1.165) is 12.8 Å². The van der Waals surface area contributed by atoms with E-state index >= 15 is 0 Å². The Hall–Kier alpha value is -0.240. The van der Waals surface area contributed by atoms with Gasteiger partial charge in [-0.1, -0.05) is 13.3 Å². The Morgan fingerprint density at radius 3 is 2.92 bits per heavy atom. The largest absolute Gasteiger partial charge is 0.461 e. The van der Waals surface area contributed by atoms with Gasteiger partial charge in [0.05, 0.1) is 0 Å². The predicted molar refractivity (Wildman–Crippen MR) is 48.2 cm³/mol. The summed E-state index contributed by atoms with van der Waals surface area (Å²) in [6.45, 7) is 2.20. The monoisotopic (exact) mass is 190 g/mol. The molecule has 1 fully saturated rings. The lowest BCUT2D eigenvalue weighted by Crippen LogP contribution is -2.24. The quantitative estimate of drug-likeness (QED) is 0.494. The van der Waals surface area contributed by atoms with E-state index in [1.165, 1.54) is 12.8 Å². The van der Waals surface area contributed by atoms with Crippen LogP contribution in [0.3, 0.4) is 0 Å². The van der Waals surface area contributed by atoms with Gasteiger partial charge in [-0.15, -0.1) is 11.6 Å². The summed E-state index contributed by atoms with van der Waals surface area (Å²) < 4.78 is 5.14. The SMILES string of the molecule is C[C@@H]1CCC[C@H](OC(=O)CCl)C1. The van der Waals surface area contributed by atoms with Crippen LogP contribution in [0.4, 0.5) is 0 Å². The Labute approximate surface area is 78.2 Å². The molecule has 0 amide bonds. The molecule has 1 aliphatic carbocycles. The van der Waals surface area contributed by atoms with E-state index in [1.807, 2.05) is 0 Å². The highest BCUT2D eigenvalue weighted by Gasteiger charge is 2.21. The van der Waals surface area contributed by atoms with Gasteiger partial charge in [-0.05, 0) is 25.2 Å². The van der Waals surface area contributed by atoms with Crippen molar-refractivity contribution in [1.82, 2.24) is 0 Å². The summed E-state index contributed by atoms with van der Waals surface area (Å²) in [6, 6.07) is 0. The summed E-state index contributed by atoms with van der Waals surface area (Å²) in [5, 5.41) is 0. The predicted octanol–water partition coefficient (Wildman–Crippen LogP) is 2.35. The maximum absolute atomic E-state index is 10.8. The first-order valence-corrected chi connectivity index (χ1v) is 5.01. The number of hydrogen-bond acceptors (Lipinski definition) is 2. The second kappa shape index (κ2) is 4.70. The second-order valence-corrected chi connectivity index (χ2v) is 3.78. The molecule has 3 heteroatoms. The highest BCUT2D eigenvalue weighted by molar-refractivity contribution is 6.26. The number of hydrogen-bond donors (Lipinski definition) is 0. The molecule has 0 saturated heterocycles. The molecule has 70 valence electrons. The summed E-state index contributed by atoms with van der Waals surface area (Å²) in [6.07, 6.45) is 4.56. The molecule has 0 aromatic carbocycles. The summed E-state index contributed by atoms with van der Waals surface area (Å²) in [5.74, 6) is 0.382. The first kappa shape index (κ1) is 9.85. The molecule has 2 nitrogen and oxygen atoms in total. The van der Waals surface area contributed by atoms with E-state index in [0.29, 0.717) is 5.92 Å². The van der Waals surface area contributed by atoms with Crippen molar-refractivity contribution in [3.8, 4) is 0 Å². The lowest BCUT2D eigenvalue weighted by molar-refractivity contribution is -0.147. The molecule has 0 bridgehead atoms. The van der Waals surface area contributed by atoms with Crippen molar-refractivity contribution in [3.63, 3.8) is 0 Å². The highest BCUT2D eigenvalue weighted by atomic mass is 35.5. The van der Waals surface area contributed by atoms with Crippen LogP contribution in [0.1, 0.15) is 32.6 Å². The third kappa shape index (κ3) is 3.02. The van der Waals surface area contributed by atoms with Crippen LogP contribution in [0.2, 0.25) is 0 Å². The average molecular weight is 191 g/mol. The van der Waals surface area contributed by atoms with Crippen molar-refractivity contribution >= 4 is 17.6 Å². The minimum Gasteiger partial charge on any atom is -0.461 e. The van der Waals surface area contributed by atoms with Gasteiger partial charge in [-0.25, -0.2) is 0 Å². The van der Waals surface area contributed by atoms with Crippen LogP contribution >= 0.6 is 11.6 Å². The van der Waals surface area contributed by atoms with Gasteiger partial charge in [0.2, 0.25) is 0 Å². The van der Waals surface area contributed by atoms with Gasteiger partial charge in [0.1, 0.15) is 12.0 Å². The summed E-state index contributed by atoms with van der Waals surface area (Å²) in [7, 11) is 0. The first-order chi connectivity index (χ1) is 5.72. The second-order valence-electron chi connectivity index (χ2n) is 3.52. The van der Waals surface area contributed by atoms with Crippen LogP contribution in [0.15, 0.2) is 0 Å². The Balaban J connectivity index is 2.27. The molecule has 0 N–H and O–H groups in total. The standard InChI is InChI=1S/C9H15ClO2/c1-7-3-2-4-8(5-7)12-9(11)6-10/h7-8H,2-6H2,1H3/t7-,8+/m1/s1. The fourth-order valence-corrected chi connectivity index (χ4v) is 1.77. The van der Waals surface area contributed by atoms with Crippen LogP contribution in [-0.4, -0.2) is 18.0 Å². The molecule has 0 aromatic rings. The van der Waals surface area contributed by atoms with Gasteiger partial charge in [-0.3, -0.25) is 4.79 Å². The molecule has 1 rings (SSSR count). The molecular formula is C9H15ClO2. The molecular weight excluding hydrogens is 176 g/mol. The zero-order valence-corrected chi connectivity index (χ0v) is 8.14. The molecule has 0 aliphatic heterocycles. The Morgan fingerprint density at radius 1 is 1.58 bits per heavy atom. The summed E-state index contributed by atoms with van der Waals surface area (Å²) in [5.41, 5.74) is 0. The smallest absolute Gasteiger partial charge is 0.321 e. The van der Waals surface area contributed by atoms with Crippen molar-refractivity contribution in [2.45, 2.75) is 38.7 Å². The number of ether oxygens (including phenoxy) is 1. The topological polar surface area (TPSA) is 26.3 Å². The van der Waals surface area contributed by atoms with Gasteiger partial charge in [0.15, 0.2) is 0 Å². The van der Waals surface area contributed by atoms with Crippen LogP contribution in [0.5, 0.6) is 0 Å². The lowest BCUT2D eigenvalue weighted by atomic mass is 9.89. The van der Waals surface area contributed by atoms with E-state index in [1.54, 1.807) is 0 Å². The number of halogens is 1. The fraction of sp³-hybridized carbons (Fsp3) is 0.889. The number of alkyl halides is 1. The molecule has 2 atom stereocenters. The van der Waals surface area contributed by atoms with Crippen LogP contribution < -0.4 is 0 Å². The molecule has 0 radical (unpaired) electrons. The highest BCUT2D eigenvalue weighted by Crippen LogP contribution is 2.25. The van der Waals surface area contributed by atoms with Crippen molar-refractivity contribution in [2.75, 3.05) is 5.88 Å². The molecule has 0 spiro atoms. The third-order valence-corrected chi connectivity index (χ3v) is 2.51. The summed E-state index contributed by atoms with van der Waals surface area (Å²) >= 11 is 5.33. The molecule has 0 aromatic heterocycles. The van der Waals surface area contributed by atoms with Crippen LogP contribution in [0, 0.1) is 5.92 Å². The Kier molecular flexibility index (Phi) is 3.86. The zero-order valence-electron chi connectivity index (χ0n) is 7.38. The number of carbonyl (C=O) groups excluding carboxylic acids is 1. The molecule has 1 saturated carbocycles. The number of esters is 1. The van der Waals surface area contributed by atoms with Gasteiger partial charge < -0.3 is 4.74 Å². The summed E-state index contributed by atoms with van der Waals surface area (Å²) in [4.78, 5) is 10.8. The number of carbonyl (C=O) groups is 1. The van der Waals surface area contributed by atoms with Gasteiger partial charge in [-0.2, -0.15) is 0 Å². The van der Waals surface area contributed by atoms with E-state index in [4.69, 9.17) is 16.3 Å². The molecule has 1 aliphatic rings. The molecule has 12 heavy (non-hydrogen) atoms. The van der Waals surface area contributed by atoms with Crippen LogP contribution in [0.25, 0.3) is 0 Å². The van der Waals surface area contributed by atoms with E-state index < -0.39 is 0 Å². The fourth-order valence-electron chi connectivity index (χ4n) is 1.70. The third-order valence-electron chi connectivity index (χ3n) is 2.30. The molecule has 0 heterocycles. The van der Waals surface area contributed by atoms with Crippen LogP contribution in [-0.2, 0) is 9.53 Å². The normalized spacial score (nSPS) is 29.8. The molecule has 0 unspecified atom stereocenters. The van der Waals surface area contributed by atoms with Gasteiger partial charge in [0.25, 0.3) is 0 Å². The van der Waals surface area contributed by atoms with Crippen molar-refractivity contribution < 1.29 is 9.53 Å².